The SMILES string of the molecule is CCCCC(CC)Cn1cccnc1=O. The van der Waals surface area contributed by atoms with Crippen LogP contribution in [0.1, 0.15) is 39.5 Å². The average Bonchev–Trinajstić information content (AvgIpc) is 2.26. The van der Waals surface area contributed by atoms with Gasteiger partial charge in [0.25, 0.3) is 0 Å². The predicted molar refractivity (Wildman–Crippen MR) is 61.8 cm³/mol. The summed E-state index contributed by atoms with van der Waals surface area (Å²) in [6.07, 6.45) is 8.16. The minimum Gasteiger partial charge on any atom is -0.299 e. The van der Waals surface area contributed by atoms with Crippen LogP contribution in [0.3, 0.4) is 0 Å². The van der Waals surface area contributed by atoms with Gasteiger partial charge in [-0.25, -0.2) is 9.78 Å². The first-order valence-corrected chi connectivity index (χ1v) is 5.79. The monoisotopic (exact) mass is 208 g/mol. The van der Waals surface area contributed by atoms with Gasteiger partial charge < -0.3 is 0 Å². The Bertz CT molecular complexity index is 332. The van der Waals surface area contributed by atoms with Crippen molar-refractivity contribution in [3.8, 4) is 0 Å². The highest BCUT2D eigenvalue weighted by Crippen LogP contribution is 2.13. The summed E-state index contributed by atoms with van der Waals surface area (Å²) in [4.78, 5) is 15.2. The van der Waals surface area contributed by atoms with Gasteiger partial charge >= 0.3 is 5.69 Å². The van der Waals surface area contributed by atoms with Gasteiger partial charge in [0, 0.05) is 18.9 Å². The van der Waals surface area contributed by atoms with Gasteiger partial charge in [-0.05, 0) is 18.4 Å². The molecule has 0 aliphatic heterocycles. The van der Waals surface area contributed by atoms with Crippen molar-refractivity contribution in [3.63, 3.8) is 0 Å². The van der Waals surface area contributed by atoms with E-state index in [9.17, 15) is 4.79 Å². The Hall–Kier alpha value is -1.12. The van der Waals surface area contributed by atoms with E-state index in [1.54, 1.807) is 10.8 Å². The van der Waals surface area contributed by atoms with E-state index in [1.165, 1.54) is 19.3 Å². The molecule has 1 unspecified atom stereocenters. The van der Waals surface area contributed by atoms with Gasteiger partial charge in [-0.3, -0.25) is 4.57 Å². The lowest BCUT2D eigenvalue weighted by Crippen LogP contribution is -2.25. The van der Waals surface area contributed by atoms with Gasteiger partial charge in [0.2, 0.25) is 0 Å². The smallest absolute Gasteiger partial charge is 0.299 e. The Labute approximate surface area is 91.2 Å². The minimum atomic E-state index is -0.132. The third-order valence-corrected chi connectivity index (χ3v) is 2.78. The number of hydrogen-bond donors (Lipinski definition) is 0. The van der Waals surface area contributed by atoms with Gasteiger partial charge in [-0.1, -0.05) is 33.1 Å². The second-order valence-electron chi connectivity index (χ2n) is 3.97. The van der Waals surface area contributed by atoms with Gasteiger partial charge in [0.15, 0.2) is 0 Å². The van der Waals surface area contributed by atoms with Crippen LogP contribution in [0.2, 0.25) is 0 Å². The molecule has 15 heavy (non-hydrogen) atoms. The van der Waals surface area contributed by atoms with Crippen LogP contribution in [0.15, 0.2) is 23.3 Å². The summed E-state index contributed by atoms with van der Waals surface area (Å²) in [7, 11) is 0. The quantitative estimate of drug-likeness (QED) is 0.719. The summed E-state index contributed by atoms with van der Waals surface area (Å²) in [5.74, 6) is 0.604. The molecule has 1 rings (SSSR count). The third-order valence-electron chi connectivity index (χ3n) is 2.78. The van der Waals surface area contributed by atoms with Gasteiger partial charge in [0.1, 0.15) is 0 Å². The fourth-order valence-corrected chi connectivity index (χ4v) is 1.72. The largest absolute Gasteiger partial charge is 0.347 e. The summed E-state index contributed by atoms with van der Waals surface area (Å²) in [5, 5.41) is 0. The van der Waals surface area contributed by atoms with Crippen molar-refractivity contribution in [3.05, 3.63) is 28.9 Å². The lowest BCUT2D eigenvalue weighted by molar-refractivity contribution is 0.382. The Morgan fingerprint density at radius 2 is 2.27 bits per heavy atom. The van der Waals surface area contributed by atoms with Crippen LogP contribution in [-0.4, -0.2) is 9.55 Å². The van der Waals surface area contributed by atoms with Crippen LogP contribution >= 0.6 is 0 Å². The standard InChI is InChI=1S/C12H20N2O/c1-3-5-7-11(4-2)10-14-9-6-8-13-12(14)15/h6,8-9,11H,3-5,7,10H2,1-2H3. The van der Waals surface area contributed by atoms with E-state index in [4.69, 9.17) is 0 Å². The molecule has 1 heterocycles. The second kappa shape index (κ2) is 6.38. The van der Waals surface area contributed by atoms with E-state index in [1.807, 2.05) is 12.3 Å². The molecule has 0 bridgehead atoms. The van der Waals surface area contributed by atoms with Crippen LogP contribution < -0.4 is 5.69 Å². The van der Waals surface area contributed by atoms with E-state index >= 15 is 0 Å². The zero-order valence-corrected chi connectivity index (χ0v) is 9.65. The molecule has 3 nitrogen and oxygen atoms in total. The predicted octanol–water partition coefficient (Wildman–Crippen LogP) is 2.46. The fourth-order valence-electron chi connectivity index (χ4n) is 1.72. The maximum Gasteiger partial charge on any atom is 0.347 e. The molecule has 84 valence electrons. The Morgan fingerprint density at radius 1 is 1.47 bits per heavy atom. The number of rotatable bonds is 6. The molecule has 1 aromatic rings. The first-order chi connectivity index (χ1) is 7.27. The van der Waals surface area contributed by atoms with Crippen LogP contribution in [0.5, 0.6) is 0 Å². The van der Waals surface area contributed by atoms with Crippen molar-refractivity contribution in [2.75, 3.05) is 0 Å². The van der Waals surface area contributed by atoms with Crippen LogP contribution in [0.4, 0.5) is 0 Å². The summed E-state index contributed by atoms with van der Waals surface area (Å²) >= 11 is 0. The molecule has 0 fully saturated rings. The zero-order valence-electron chi connectivity index (χ0n) is 9.65. The second-order valence-corrected chi connectivity index (χ2v) is 3.97. The minimum absolute atomic E-state index is 0.132. The third kappa shape index (κ3) is 3.86. The molecule has 0 aliphatic carbocycles. The van der Waals surface area contributed by atoms with Crippen molar-refractivity contribution in [2.45, 2.75) is 46.1 Å². The Morgan fingerprint density at radius 3 is 2.87 bits per heavy atom. The van der Waals surface area contributed by atoms with E-state index in [0.717, 1.165) is 13.0 Å². The maximum atomic E-state index is 11.4. The van der Waals surface area contributed by atoms with Gasteiger partial charge in [-0.2, -0.15) is 0 Å². The highest BCUT2D eigenvalue weighted by atomic mass is 16.1. The van der Waals surface area contributed by atoms with Crippen molar-refractivity contribution in [1.82, 2.24) is 9.55 Å². The molecular formula is C12H20N2O. The zero-order chi connectivity index (χ0) is 11.1. The Balaban J connectivity index is 2.58. The van der Waals surface area contributed by atoms with Gasteiger partial charge in [-0.15, -0.1) is 0 Å². The lowest BCUT2D eigenvalue weighted by Gasteiger charge is -2.15. The van der Waals surface area contributed by atoms with E-state index < -0.39 is 0 Å². The van der Waals surface area contributed by atoms with E-state index in [0.29, 0.717) is 5.92 Å². The molecule has 0 spiro atoms. The Kier molecular flexibility index (Phi) is 5.08. The summed E-state index contributed by atoms with van der Waals surface area (Å²) in [5.41, 5.74) is -0.132. The molecule has 1 aromatic heterocycles. The molecule has 3 heteroatoms. The fraction of sp³-hybridized carbons (Fsp3) is 0.667. The first-order valence-electron chi connectivity index (χ1n) is 5.79. The van der Waals surface area contributed by atoms with Crippen molar-refractivity contribution in [1.29, 1.82) is 0 Å². The molecule has 0 N–H and O–H groups in total. The first kappa shape index (κ1) is 12.0. The molecule has 0 saturated heterocycles. The number of aromatic nitrogens is 2. The topological polar surface area (TPSA) is 34.9 Å². The molecular weight excluding hydrogens is 188 g/mol. The summed E-state index contributed by atoms with van der Waals surface area (Å²) < 4.78 is 1.71. The maximum absolute atomic E-state index is 11.4. The molecule has 0 aromatic carbocycles. The molecule has 0 saturated carbocycles. The number of unbranched alkanes of at least 4 members (excludes halogenated alkanes) is 1. The van der Waals surface area contributed by atoms with Crippen molar-refractivity contribution in [2.24, 2.45) is 5.92 Å². The highest BCUT2D eigenvalue weighted by molar-refractivity contribution is 4.81. The number of hydrogen-bond acceptors (Lipinski definition) is 2. The summed E-state index contributed by atoms with van der Waals surface area (Å²) in [6.45, 7) is 5.19. The normalized spacial score (nSPS) is 12.7. The van der Waals surface area contributed by atoms with Crippen LogP contribution in [0, 0.1) is 5.92 Å². The molecule has 0 aliphatic rings. The van der Waals surface area contributed by atoms with E-state index in [-0.39, 0.29) is 5.69 Å². The average molecular weight is 208 g/mol. The molecule has 0 radical (unpaired) electrons. The van der Waals surface area contributed by atoms with Crippen molar-refractivity contribution < 1.29 is 0 Å². The van der Waals surface area contributed by atoms with Gasteiger partial charge in [0.05, 0.1) is 0 Å². The van der Waals surface area contributed by atoms with Crippen LogP contribution in [0.25, 0.3) is 0 Å². The van der Waals surface area contributed by atoms with Crippen molar-refractivity contribution >= 4 is 0 Å². The lowest BCUT2D eigenvalue weighted by atomic mass is 9.99. The highest BCUT2D eigenvalue weighted by Gasteiger charge is 2.07. The van der Waals surface area contributed by atoms with E-state index in [2.05, 4.69) is 18.8 Å². The number of nitrogens with zero attached hydrogens (tertiary/aromatic N) is 2. The molecule has 0 amide bonds. The summed E-state index contributed by atoms with van der Waals surface area (Å²) in [6, 6.07) is 1.81. The molecule has 1 atom stereocenters. The van der Waals surface area contributed by atoms with Crippen LogP contribution in [-0.2, 0) is 6.54 Å².